The summed E-state index contributed by atoms with van der Waals surface area (Å²) >= 11 is 7.86. The number of amides is 1. The molecular formula is C20H12ClN3O3S. The summed E-state index contributed by atoms with van der Waals surface area (Å²) in [4.78, 5) is 27.4. The van der Waals surface area contributed by atoms with Crippen molar-refractivity contribution >= 4 is 50.4 Å². The lowest BCUT2D eigenvalue weighted by Gasteiger charge is -2.08. The molecule has 0 fully saturated rings. The molecule has 1 heterocycles. The van der Waals surface area contributed by atoms with Crippen LogP contribution in [0.5, 0.6) is 0 Å². The number of aromatic nitrogens is 1. The van der Waals surface area contributed by atoms with Gasteiger partial charge in [-0.15, -0.1) is 11.3 Å². The second-order valence-electron chi connectivity index (χ2n) is 5.94. The van der Waals surface area contributed by atoms with Gasteiger partial charge in [-0.25, -0.2) is 4.98 Å². The van der Waals surface area contributed by atoms with Crippen molar-refractivity contribution in [2.45, 2.75) is 0 Å². The molecule has 0 aliphatic carbocycles. The molecule has 1 aromatic heterocycles. The summed E-state index contributed by atoms with van der Waals surface area (Å²) in [6.45, 7) is 0. The van der Waals surface area contributed by atoms with Crippen LogP contribution in [0.2, 0.25) is 5.02 Å². The van der Waals surface area contributed by atoms with Crippen molar-refractivity contribution in [1.29, 1.82) is 0 Å². The Bertz CT molecular complexity index is 1190. The fourth-order valence-electron chi connectivity index (χ4n) is 2.72. The summed E-state index contributed by atoms with van der Waals surface area (Å²) < 4.78 is 1.04. The van der Waals surface area contributed by atoms with Gasteiger partial charge in [-0.3, -0.25) is 14.9 Å². The summed E-state index contributed by atoms with van der Waals surface area (Å²) in [6.07, 6.45) is 0. The molecule has 0 unspecified atom stereocenters. The second-order valence-corrected chi connectivity index (χ2v) is 7.38. The van der Waals surface area contributed by atoms with Gasteiger partial charge < -0.3 is 5.32 Å². The number of nitrogens with zero attached hydrogens (tertiary/aromatic N) is 2. The van der Waals surface area contributed by atoms with Crippen molar-refractivity contribution in [2.24, 2.45) is 0 Å². The molecule has 8 heteroatoms. The number of nitrogens with one attached hydrogen (secondary N) is 1. The standard InChI is InChI=1S/C20H12ClN3O3S/c21-16-9-8-13(22-19(25)12-4-3-5-14(10-12)24(26)27)11-15(16)20-23-17-6-1-2-7-18(17)28-20/h1-11H,(H,22,25). The zero-order valence-electron chi connectivity index (χ0n) is 14.3. The van der Waals surface area contributed by atoms with Gasteiger partial charge in [0.1, 0.15) is 5.01 Å². The molecule has 28 heavy (non-hydrogen) atoms. The van der Waals surface area contributed by atoms with Crippen LogP contribution >= 0.6 is 22.9 Å². The molecule has 6 nitrogen and oxygen atoms in total. The first-order valence-corrected chi connectivity index (χ1v) is 9.42. The smallest absolute Gasteiger partial charge is 0.270 e. The summed E-state index contributed by atoms with van der Waals surface area (Å²) in [5, 5.41) is 14.9. The quantitative estimate of drug-likeness (QED) is 0.342. The van der Waals surface area contributed by atoms with Crippen LogP contribution in [0.4, 0.5) is 11.4 Å². The third kappa shape index (κ3) is 3.58. The number of carbonyl (C=O) groups is 1. The van der Waals surface area contributed by atoms with E-state index in [1.165, 1.54) is 35.6 Å². The minimum absolute atomic E-state index is 0.140. The maximum atomic E-state index is 12.5. The first-order chi connectivity index (χ1) is 13.5. The molecule has 138 valence electrons. The lowest BCUT2D eigenvalue weighted by molar-refractivity contribution is -0.384. The molecule has 0 spiro atoms. The number of anilines is 1. The number of rotatable bonds is 4. The van der Waals surface area contributed by atoms with Gasteiger partial charge in [-0.05, 0) is 36.4 Å². The number of nitro groups is 1. The molecule has 0 bridgehead atoms. The van der Waals surface area contributed by atoms with Crippen LogP contribution in [0.1, 0.15) is 10.4 Å². The van der Waals surface area contributed by atoms with Gasteiger partial charge in [-0.1, -0.05) is 29.8 Å². The van der Waals surface area contributed by atoms with Crippen LogP contribution in [0.25, 0.3) is 20.8 Å². The topological polar surface area (TPSA) is 85.1 Å². The SMILES string of the molecule is O=C(Nc1ccc(Cl)c(-c2nc3ccccc3s2)c1)c1cccc([N+](=O)[O-])c1. The van der Waals surface area contributed by atoms with E-state index in [1.807, 2.05) is 24.3 Å². The summed E-state index contributed by atoms with van der Waals surface area (Å²) in [6, 6.07) is 18.5. The highest BCUT2D eigenvalue weighted by molar-refractivity contribution is 7.21. The number of carbonyl (C=O) groups excluding carboxylic acids is 1. The van der Waals surface area contributed by atoms with E-state index >= 15 is 0 Å². The number of hydrogen-bond donors (Lipinski definition) is 1. The van der Waals surface area contributed by atoms with Crippen LogP contribution in [0.15, 0.2) is 66.7 Å². The summed E-state index contributed by atoms with van der Waals surface area (Å²) in [7, 11) is 0. The van der Waals surface area contributed by atoms with Crippen molar-refractivity contribution in [3.8, 4) is 10.6 Å². The zero-order chi connectivity index (χ0) is 19.7. The van der Waals surface area contributed by atoms with E-state index in [4.69, 9.17) is 11.6 Å². The van der Waals surface area contributed by atoms with Crippen molar-refractivity contribution in [3.63, 3.8) is 0 Å². The van der Waals surface area contributed by atoms with E-state index in [-0.39, 0.29) is 11.3 Å². The number of benzene rings is 3. The lowest BCUT2D eigenvalue weighted by atomic mass is 10.1. The second kappa shape index (κ2) is 7.38. The predicted molar refractivity (Wildman–Crippen MR) is 111 cm³/mol. The van der Waals surface area contributed by atoms with E-state index in [9.17, 15) is 14.9 Å². The van der Waals surface area contributed by atoms with E-state index in [0.29, 0.717) is 16.3 Å². The normalized spacial score (nSPS) is 10.8. The van der Waals surface area contributed by atoms with Crippen molar-refractivity contribution in [1.82, 2.24) is 4.98 Å². The Balaban J connectivity index is 1.64. The van der Waals surface area contributed by atoms with Gasteiger partial charge in [0.25, 0.3) is 11.6 Å². The van der Waals surface area contributed by atoms with Crippen LogP contribution in [0, 0.1) is 10.1 Å². The largest absolute Gasteiger partial charge is 0.322 e. The fraction of sp³-hybridized carbons (Fsp3) is 0. The summed E-state index contributed by atoms with van der Waals surface area (Å²) in [5.41, 5.74) is 2.17. The van der Waals surface area contributed by atoms with Crippen LogP contribution < -0.4 is 5.32 Å². The molecule has 3 aromatic carbocycles. The zero-order valence-corrected chi connectivity index (χ0v) is 15.8. The Morgan fingerprint density at radius 2 is 1.89 bits per heavy atom. The molecule has 4 aromatic rings. The number of para-hydroxylation sites is 1. The minimum atomic E-state index is -0.537. The lowest BCUT2D eigenvalue weighted by Crippen LogP contribution is -2.12. The third-order valence-corrected chi connectivity index (χ3v) is 5.47. The highest BCUT2D eigenvalue weighted by Gasteiger charge is 2.14. The third-order valence-electron chi connectivity index (χ3n) is 4.07. The molecule has 0 saturated heterocycles. The fourth-order valence-corrected chi connectivity index (χ4v) is 3.98. The number of hydrogen-bond acceptors (Lipinski definition) is 5. The van der Waals surface area contributed by atoms with Crippen molar-refractivity contribution < 1.29 is 9.72 Å². The number of nitro benzene ring substituents is 1. The van der Waals surface area contributed by atoms with E-state index in [2.05, 4.69) is 10.3 Å². The predicted octanol–water partition coefficient (Wildman–Crippen LogP) is 5.78. The van der Waals surface area contributed by atoms with Crippen LogP contribution in [-0.2, 0) is 0 Å². The highest BCUT2D eigenvalue weighted by atomic mass is 35.5. The van der Waals surface area contributed by atoms with E-state index < -0.39 is 10.8 Å². The van der Waals surface area contributed by atoms with Gasteiger partial charge in [-0.2, -0.15) is 0 Å². The van der Waals surface area contributed by atoms with Gasteiger partial charge in [0.05, 0.1) is 20.2 Å². The maximum Gasteiger partial charge on any atom is 0.270 e. The molecular weight excluding hydrogens is 398 g/mol. The van der Waals surface area contributed by atoms with Crippen molar-refractivity contribution in [2.75, 3.05) is 5.32 Å². The Morgan fingerprint density at radius 1 is 1.07 bits per heavy atom. The Kier molecular flexibility index (Phi) is 4.77. The molecule has 1 N–H and O–H groups in total. The summed E-state index contributed by atoms with van der Waals surface area (Å²) in [5.74, 6) is -0.443. The Labute approximate surface area is 168 Å². The number of non-ortho nitro benzene ring substituents is 1. The monoisotopic (exact) mass is 409 g/mol. The minimum Gasteiger partial charge on any atom is -0.322 e. The number of thiazole rings is 1. The molecule has 0 aliphatic rings. The van der Waals surface area contributed by atoms with E-state index in [1.54, 1.807) is 18.2 Å². The first kappa shape index (κ1) is 18.1. The van der Waals surface area contributed by atoms with Crippen LogP contribution in [0.3, 0.4) is 0 Å². The average Bonchev–Trinajstić information content (AvgIpc) is 3.13. The van der Waals surface area contributed by atoms with Crippen molar-refractivity contribution in [3.05, 3.63) is 87.4 Å². The molecule has 4 rings (SSSR count). The van der Waals surface area contributed by atoms with Gasteiger partial charge in [0, 0.05) is 28.9 Å². The Morgan fingerprint density at radius 3 is 2.68 bits per heavy atom. The number of halogens is 1. The van der Waals surface area contributed by atoms with Crippen LogP contribution in [-0.4, -0.2) is 15.8 Å². The highest BCUT2D eigenvalue weighted by Crippen LogP contribution is 2.36. The molecule has 0 radical (unpaired) electrons. The van der Waals surface area contributed by atoms with E-state index in [0.717, 1.165) is 15.2 Å². The molecule has 1 amide bonds. The molecule has 0 atom stereocenters. The Hall–Kier alpha value is -3.29. The average molecular weight is 410 g/mol. The maximum absolute atomic E-state index is 12.5. The molecule has 0 saturated carbocycles. The van der Waals surface area contributed by atoms with Gasteiger partial charge in [0.2, 0.25) is 0 Å². The first-order valence-electron chi connectivity index (χ1n) is 8.22. The van der Waals surface area contributed by atoms with Gasteiger partial charge >= 0.3 is 0 Å². The van der Waals surface area contributed by atoms with Gasteiger partial charge in [0.15, 0.2) is 0 Å². The molecule has 0 aliphatic heterocycles. The number of fused-ring (bicyclic) bond motifs is 1.